The van der Waals surface area contributed by atoms with Gasteiger partial charge in [-0.1, -0.05) is 13.8 Å². The minimum atomic E-state index is -0.0957. The summed E-state index contributed by atoms with van der Waals surface area (Å²) in [5, 5.41) is 0. The number of carbonyl (C=O) groups is 2. The van der Waals surface area contributed by atoms with Gasteiger partial charge in [-0.2, -0.15) is 0 Å². The molecule has 0 atom stereocenters. The lowest BCUT2D eigenvalue weighted by Gasteiger charge is -2.35. The zero-order valence-electron chi connectivity index (χ0n) is 17.6. The van der Waals surface area contributed by atoms with Crippen molar-refractivity contribution < 1.29 is 23.8 Å². The van der Waals surface area contributed by atoms with Gasteiger partial charge in [0.1, 0.15) is 0 Å². The van der Waals surface area contributed by atoms with Crippen molar-refractivity contribution in [2.45, 2.75) is 34.6 Å². The monoisotopic (exact) mass is 392 g/mol. The quantitative estimate of drug-likeness (QED) is 0.680. The summed E-state index contributed by atoms with van der Waals surface area (Å²) in [6, 6.07) is 3.43. The molecule has 1 saturated heterocycles. The molecule has 1 aliphatic rings. The van der Waals surface area contributed by atoms with Crippen molar-refractivity contribution in [3.05, 3.63) is 17.7 Å². The van der Waals surface area contributed by atoms with Crippen LogP contribution in [0.4, 0.5) is 0 Å². The highest BCUT2D eigenvalue weighted by Crippen LogP contribution is 2.39. The molecule has 2 amide bonds. The lowest BCUT2D eigenvalue weighted by atomic mass is 10.1. The molecule has 7 heteroatoms. The topological polar surface area (TPSA) is 68.3 Å². The van der Waals surface area contributed by atoms with E-state index >= 15 is 0 Å². The predicted molar refractivity (Wildman–Crippen MR) is 107 cm³/mol. The maximum absolute atomic E-state index is 13.1. The summed E-state index contributed by atoms with van der Waals surface area (Å²) >= 11 is 0. The molecule has 1 aliphatic heterocycles. The van der Waals surface area contributed by atoms with Crippen molar-refractivity contribution in [1.82, 2.24) is 9.80 Å². The van der Waals surface area contributed by atoms with Crippen LogP contribution in [0.5, 0.6) is 17.2 Å². The molecule has 2 rings (SSSR count). The second kappa shape index (κ2) is 10.2. The van der Waals surface area contributed by atoms with Crippen LogP contribution < -0.4 is 14.2 Å². The minimum absolute atomic E-state index is 0.0316. The number of rotatable bonds is 8. The van der Waals surface area contributed by atoms with E-state index in [4.69, 9.17) is 14.2 Å². The Hall–Kier alpha value is -2.44. The molecule has 28 heavy (non-hydrogen) atoms. The number of carbonyl (C=O) groups excluding carboxylic acids is 2. The Balaban J connectivity index is 2.22. The number of hydrogen-bond donors (Lipinski definition) is 0. The molecule has 0 radical (unpaired) electrons. The molecular weight excluding hydrogens is 360 g/mol. The first-order valence-corrected chi connectivity index (χ1v) is 10.1. The summed E-state index contributed by atoms with van der Waals surface area (Å²) in [5.41, 5.74) is 0.499. The first-order chi connectivity index (χ1) is 13.4. The van der Waals surface area contributed by atoms with E-state index in [0.29, 0.717) is 68.8 Å². The Labute approximate surface area is 167 Å². The average molecular weight is 392 g/mol. The van der Waals surface area contributed by atoms with E-state index in [1.165, 1.54) is 0 Å². The molecular formula is C21H32N2O5. The predicted octanol–water partition coefficient (Wildman–Crippen LogP) is 2.82. The number of ether oxygens (including phenoxy) is 3. The van der Waals surface area contributed by atoms with E-state index in [0.717, 1.165) is 0 Å². The van der Waals surface area contributed by atoms with Crippen molar-refractivity contribution in [3.8, 4) is 17.2 Å². The average Bonchev–Trinajstić information content (AvgIpc) is 2.69. The Morgan fingerprint density at radius 3 is 1.75 bits per heavy atom. The van der Waals surface area contributed by atoms with Crippen molar-refractivity contribution in [3.63, 3.8) is 0 Å². The lowest BCUT2D eigenvalue weighted by Crippen LogP contribution is -2.51. The molecule has 1 aromatic carbocycles. The van der Waals surface area contributed by atoms with E-state index in [1.807, 2.05) is 39.5 Å². The third-order valence-corrected chi connectivity index (χ3v) is 4.53. The van der Waals surface area contributed by atoms with Gasteiger partial charge in [0.05, 0.1) is 19.8 Å². The zero-order chi connectivity index (χ0) is 20.7. The van der Waals surface area contributed by atoms with Gasteiger partial charge in [0, 0.05) is 37.7 Å². The van der Waals surface area contributed by atoms with Gasteiger partial charge in [-0.3, -0.25) is 9.59 Å². The fraction of sp³-hybridized carbons (Fsp3) is 0.619. The maximum atomic E-state index is 13.1. The highest BCUT2D eigenvalue weighted by atomic mass is 16.5. The molecule has 1 aromatic rings. The molecule has 7 nitrogen and oxygen atoms in total. The van der Waals surface area contributed by atoms with Gasteiger partial charge in [-0.15, -0.1) is 0 Å². The van der Waals surface area contributed by atoms with Crippen LogP contribution in [0.25, 0.3) is 0 Å². The van der Waals surface area contributed by atoms with E-state index in [2.05, 4.69) is 0 Å². The fourth-order valence-corrected chi connectivity index (χ4v) is 3.19. The molecule has 0 spiro atoms. The van der Waals surface area contributed by atoms with Gasteiger partial charge in [0.15, 0.2) is 11.5 Å². The van der Waals surface area contributed by atoms with Crippen molar-refractivity contribution >= 4 is 11.8 Å². The van der Waals surface area contributed by atoms with E-state index in [9.17, 15) is 9.59 Å². The third-order valence-electron chi connectivity index (χ3n) is 4.53. The molecule has 1 fully saturated rings. The van der Waals surface area contributed by atoms with Gasteiger partial charge >= 0.3 is 0 Å². The Morgan fingerprint density at radius 2 is 1.32 bits per heavy atom. The lowest BCUT2D eigenvalue weighted by molar-refractivity contribution is -0.135. The fourth-order valence-electron chi connectivity index (χ4n) is 3.19. The van der Waals surface area contributed by atoms with Crippen LogP contribution in [0.2, 0.25) is 0 Å². The number of nitrogens with zero attached hydrogens (tertiary/aromatic N) is 2. The molecule has 0 unspecified atom stereocenters. The highest BCUT2D eigenvalue weighted by molar-refractivity contribution is 5.96. The molecule has 0 aromatic heterocycles. The summed E-state index contributed by atoms with van der Waals surface area (Å²) in [5.74, 6) is 1.54. The maximum Gasteiger partial charge on any atom is 0.254 e. The number of piperazine rings is 1. The minimum Gasteiger partial charge on any atom is -0.490 e. The number of amides is 2. The summed E-state index contributed by atoms with van der Waals surface area (Å²) in [6.45, 7) is 13.0. The number of hydrogen-bond acceptors (Lipinski definition) is 5. The molecule has 0 aliphatic carbocycles. The summed E-state index contributed by atoms with van der Waals surface area (Å²) in [4.78, 5) is 28.8. The van der Waals surface area contributed by atoms with Crippen LogP contribution >= 0.6 is 0 Å². The second-order valence-corrected chi connectivity index (χ2v) is 6.87. The zero-order valence-corrected chi connectivity index (χ0v) is 17.6. The molecule has 0 saturated carbocycles. The van der Waals surface area contributed by atoms with Gasteiger partial charge in [-0.05, 0) is 32.9 Å². The van der Waals surface area contributed by atoms with Gasteiger partial charge in [-0.25, -0.2) is 0 Å². The summed E-state index contributed by atoms with van der Waals surface area (Å²) in [6.07, 6.45) is 0. The van der Waals surface area contributed by atoms with Crippen molar-refractivity contribution in [2.75, 3.05) is 46.0 Å². The van der Waals surface area contributed by atoms with Crippen LogP contribution in [0.1, 0.15) is 45.0 Å². The van der Waals surface area contributed by atoms with Crippen LogP contribution in [0.15, 0.2) is 12.1 Å². The van der Waals surface area contributed by atoms with Gasteiger partial charge in [0.25, 0.3) is 5.91 Å². The van der Waals surface area contributed by atoms with E-state index in [-0.39, 0.29) is 17.7 Å². The highest BCUT2D eigenvalue weighted by Gasteiger charge is 2.27. The van der Waals surface area contributed by atoms with Crippen LogP contribution in [-0.4, -0.2) is 67.6 Å². The third kappa shape index (κ3) is 5.09. The van der Waals surface area contributed by atoms with Crippen LogP contribution in [-0.2, 0) is 4.79 Å². The molecule has 156 valence electrons. The van der Waals surface area contributed by atoms with E-state index < -0.39 is 0 Å². The second-order valence-electron chi connectivity index (χ2n) is 6.87. The summed E-state index contributed by atoms with van der Waals surface area (Å²) < 4.78 is 17.1. The molecule has 1 heterocycles. The SMILES string of the molecule is CCOc1cc(C(=O)N2CCN(C(=O)C(C)C)CC2)cc(OCC)c1OCC. The van der Waals surface area contributed by atoms with E-state index in [1.54, 1.807) is 17.0 Å². The first kappa shape index (κ1) is 21.9. The summed E-state index contributed by atoms with van der Waals surface area (Å²) in [7, 11) is 0. The van der Waals surface area contributed by atoms with Gasteiger partial charge < -0.3 is 24.0 Å². The largest absolute Gasteiger partial charge is 0.490 e. The Bertz CT molecular complexity index is 654. The van der Waals surface area contributed by atoms with Gasteiger partial charge in [0.2, 0.25) is 11.7 Å². The van der Waals surface area contributed by atoms with Crippen molar-refractivity contribution in [1.29, 1.82) is 0 Å². The number of benzene rings is 1. The van der Waals surface area contributed by atoms with Crippen molar-refractivity contribution in [2.24, 2.45) is 5.92 Å². The Kier molecular flexibility index (Phi) is 7.96. The molecule has 0 N–H and O–H groups in total. The normalized spacial score (nSPS) is 14.2. The van der Waals surface area contributed by atoms with Crippen LogP contribution in [0, 0.1) is 5.92 Å². The first-order valence-electron chi connectivity index (χ1n) is 10.1. The van der Waals surface area contributed by atoms with Crippen LogP contribution in [0.3, 0.4) is 0 Å². The Morgan fingerprint density at radius 1 is 0.857 bits per heavy atom. The molecule has 0 bridgehead atoms. The smallest absolute Gasteiger partial charge is 0.254 e. The standard InChI is InChI=1S/C21H32N2O5/c1-6-26-17-13-16(14-18(27-7-2)19(17)28-8-3)21(25)23-11-9-22(10-12-23)20(24)15(4)5/h13-15H,6-12H2,1-5H3.